The van der Waals surface area contributed by atoms with Gasteiger partial charge in [-0.3, -0.25) is 9.89 Å². The SMILES string of the molecule is CC1c2c(cccc2-c2cn[nH]c2)CCN1C(=O)c1cc2ccc(Br)cn2n1. The van der Waals surface area contributed by atoms with Crippen LogP contribution >= 0.6 is 15.9 Å². The lowest BCUT2D eigenvalue weighted by molar-refractivity contribution is 0.0672. The van der Waals surface area contributed by atoms with E-state index >= 15 is 0 Å². The number of aromatic nitrogens is 4. The fourth-order valence-electron chi connectivity index (χ4n) is 4.06. The molecule has 0 saturated carbocycles. The molecule has 0 aliphatic carbocycles. The molecule has 4 aromatic rings. The van der Waals surface area contributed by atoms with Crippen LogP contribution in [0.15, 0.2) is 59.5 Å². The van der Waals surface area contributed by atoms with Crippen LogP contribution in [0.25, 0.3) is 16.6 Å². The van der Waals surface area contributed by atoms with Crippen molar-refractivity contribution in [3.63, 3.8) is 0 Å². The molecule has 0 saturated heterocycles. The van der Waals surface area contributed by atoms with Crippen LogP contribution in [0.1, 0.15) is 34.6 Å². The minimum Gasteiger partial charge on any atom is -0.330 e. The van der Waals surface area contributed by atoms with Gasteiger partial charge >= 0.3 is 0 Å². The molecular formula is C21H18BrN5O. The van der Waals surface area contributed by atoms with Gasteiger partial charge in [0.2, 0.25) is 0 Å². The van der Waals surface area contributed by atoms with Gasteiger partial charge in [-0.2, -0.15) is 10.2 Å². The summed E-state index contributed by atoms with van der Waals surface area (Å²) in [4.78, 5) is 15.2. The number of fused-ring (bicyclic) bond motifs is 2. The number of H-pyrrole nitrogens is 1. The van der Waals surface area contributed by atoms with Crippen LogP contribution < -0.4 is 0 Å². The Bertz CT molecular complexity index is 1180. The first-order valence-electron chi connectivity index (χ1n) is 9.18. The van der Waals surface area contributed by atoms with Crippen molar-refractivity contribution < 1.29 is 4.79 Å². The second-order valence-electron chi connectivity index (χ2n) is 7.04. The smallest absolute Gasteiger partial charge is 0.274 e. The number of halogens is 1. The minimum absolute atomic E-state index is 0.0417. The van der Waals surface area contributed by atoms with Gasteiger partial charge < -0.3 is 4.90 Å². The third-order valence-corrected chi connectivity index (χ3v) is 5.89. The minimum atomic E-state index is -0.0427. The molecule has 0 spiro atoms. The first-order valence-corrected chi connectivity index (χ1v) is 9.98. The number of amides is 1. The number of pyridine rings is 1. The van der Waals surface area contributed by atoms with Crippen molar-refractivity contribution in [1.82, 2.24) is 24.7 Å². The number of hydrogen-bond donors (Lipinski definition) is 1. The van der Waals surface area contributed by atoms with Gasteiger partial charge in [-0.15, -0.1) is 0 Å². The van der Waals surface area contributed by atoms with Gasteiger partial charge in [0.1, 0.15) is 0 Å². The second-order valence-corrected chi connectivity index (χ2v) is 7.95. The van der Waals surface area contributed by atoms with Gasteiger partial charge in [0.05, 0.1) is 17.8 Å². The number of carbonyl (C=O) groups excluding carboxylic acids is 1. The first-order chi connectivity index (χ1) is 13.6. The molecule has 1 unspecified atom stereocenters. The molecule has 1 amide bonds. The third-order valence-electron chi connectivity index (χ3n) is 5.42. The highest BCUT2D eigenvalue weighted by atomic mass is 79.9. The van der Waals surface area contributed by atoms with E-state index in [9.17, 15) is 4.79 Å². The van der Waals surface area contributed by atoms with Crippen LogP contribution in [-0.4, -0.2) is 37.2 Å². The number of nitrogens with zero attached hydrogens (tertiary/aromatic N) is 4. The molecule has 0 fully saturated rings. The number of rotatable bonds is 2. The Kier molecular flexibility index (Phi) is 4.05. The van der Waals surface area contributed by atoms with Gasteiger partial charge in [0.15, 0.2) is 5.69 Å². The summed E-state index contributed by atoms with van der Waals surface area (Å²) in [5, 5.41) is 11.5. The monoisotopic (exact) mass is 435 g/mol. The van der Waals surface area contributed by atoms with Crippen LogP contribution in [0.4, 0.5) is 0 Å². The molecule has 28 heavy (non-hydrogen) atoms. The van der Waals surface area contributed by atoms with E-state index in [1.807, 2.05) is 41.7 Å². The molecule has 5 rings (SSSR count). The number of benzene rings is 1. The fourth-order valence-corrected chi connectivity index (χ4v) is 4.38. The molecule has 3 aromatic heterocycles. The van der Waals surface area contributed by atoms with Crippen LogP contribution in [0.5, 0.6) is 0 Å². The standard InChI is InChI=1S/C21H18BrN5O/c1-13-20-14(3-2-4-18(20)15-10-23-24-11-15)7-8-26(13)21(28)19-9-17-6-5-16(22)12-27(17)25-19/h2-6,9-13H,7-8H2,1H3,(H,23,24). The molecular weight excluding hydrogens is 418 g/mol. The number of carbonyl (C=O) groups is 1. The van der Waals surface area contributed by atoms with Crippen molar-refractivity contribution in [3.8, 4) is 11.1 Å². The predicted octanol–water partition coefficient (Wildman–Crippen LogP) is 4.25. The Morgan fingerprint density at radius 3 is 3.00 bits per heavy atom. The lowest BCUT2D eigenvalue weighted by Gasteiger charge is -2.36. The van der Waals surface area contributed by atoms with Crippen molar-refractivity contribution in [2.75, 3.05) is 6.54 Å². The molecule has 1 atom stereocenters. The van der Waals surface area contributed by atoms with Crippen molar-refractivity contribution in [2.45, 2.75) is 19.4 Å². The molecule has 1 aliphatic heterocycles. The van der Waals surface area contributed by atoms with Gasteiger partial charge in [-0.1, -0.05) is 18.2 Å². The maximum Gasteiger partial charge on any atom is 0.274 e. The van der Waals surface area contributed by atoms with Gasteiger partial charge in [0.25, 0.3) is 5.91 Å². The average Bonchev–Trinajstić information content (AvgIpc) is 3.37. The summed E-state index contributed by atoms with van der Waals surface area (Å²) in [6, 6.07) is 12.0. The Morgan fingerprint density at radius 1 is 1.29 bits per heavy atom. The van der Waals surface area contributed by atoms with Crippen LogP contribution in [0.3, 0.4) is 0 Å². The number of nitrogens with one attached hydrogen (secondary N) is 1. The molecule has 7 heteroatoms. The molecule has 1 aromatic carbocycles. The Labute approximate surface area is 170 Å². The second kappa shape index (κ2) is 6.60. The molecule has 4 heterocycles. The number of aromatic amines is 1. The van der Waals surface area contributed by atoms with Crippen LogP contribution in [0, 0.1) is 0 Å². The Balaban J connectivity index is 1.53. The summed E-state index contributed by atoms with van der Waals surface area (Å²) in [7, 11) is 0. The Morgan fingerprint density at radius 2 is 2.18 bits per heavy atom. The highest BCUT2D eigenvalue weighted by molar-refractivity contribution is 9.10. The quantitative estimate of drug-likeness (QED) is 0.511. The Hall–Kier alpha value is -2.93. The van der Waals surface area contributed by atoms with Gasteiger partial charge in [0, 0.05) is 29.0 Å². The molecule has 140 valence electrons. The van der Waals surface area contributed by atoms with Crippen molar-refractivity contribution in [3.05, 3.63) is 76.3 Å². The van der Waals surface area contributed by atoms with E-state index in [1.165, 1.54) is 11.1 Å². The summed E-state index contributed by atoms with van der Waals surface area (Å²) in [5.41, 5.74) is 6.00. The average molecular weight is 436 g/mol. The van der Waals surface area contributed by atoms with E-state index in [-0.39, 0.29) is 11.9 Å². The zero-order valence-corrected chi connectivity index (χ0v) is 16.8. The van der Waals surface area contributed by atoms with E-state index in [1.54, 1.807) is 4.52 Å². The summed E-state index contributed by atoms with van der Waals surface area (Å²) < 4.78 is 2.66. The predicted molar refractivity (Wildman–Crippen MR) is 110 cm³/mol. The normalized spacial score (nSPS) is 16.4. The van der Waals surface area contributed by atoms with Crippen LogP contribution in [-0.2, 0) is 6.42 Å². The van der Waals surface area contributed by atoms with Crippen molar-refractivity contribution >= 4 is 27.4 Å². The first kappa shape index (κ1) is 17.2. The van der Waals surface area contributed by atoms with E-state index in [0.29, 0.717) is 12.2 Å². The lowest BCUT2D eigenvalue weighted by atomic mass is 9.87. The largest absolute Gasteiger partial charge is 0.330 e. The van der Waals surface area contributed by atoms with E-state index < -0.39 is 0 Å². The van der Waals surface area contributed by atoms with Crippen molar-refractivity contribution in [1.29, 1.82) is 0 Å². The maximum atomic E-state index is 13.3. The molecule has 0 radical (unpaired) electrons. The lowest BCUT2D eigenvalue weighted by Crippen LogP contribution is -2.39. The summed E-state index contributed by atoms with van der Waals surface area (Å²) in [6.07, 6.45) is 6.40. The zero-order valence-electron chi connectivity index (χ0n) is 15.3. The topological polar surface area (TPSA) is 66.3 Å². The molecule has 0 bridgehead atoms. The maximum absolute atomic E-state index is 13.3. The van der Waals surface area contributed by atoms with E-state index in [0.717, 1.165) is 27.5 Å². The molecule has 1 N–H and O–H groups in total. The van der Waals surface area contributed by atoms with Crippen molar-refractivity contribution in [2.24, 2.45) is 0 Å². The number of hydrogen-bond acceptors (Lipinski definition) is 3. The van der Waals surface area contributed by atoms with Gasteiger partial charge in [-0.25, -0.2) is 4.52 Å². The molecule has 6 nitrogen and oxygen atoms in total. The van der Waals surface area contributed by atoms with Gasteiger partial charge in [-0.05, 0) is 64.2 Å². The summed E-state index contributed by atoms with van der Waals surface area (Å²) in [5.74, 6) is -0.0417. The molecule has 1 aliphatic rings. The fraction of sp³-hybridized carbons (Fsp3) is 0.190. The summed E-state index contributed by atoms with van der Waals surface area (Å²) in [6.45, 7) is 2.77. The summed E-state index contributed by atoms with van der Waals surface area (Å²) >= 11 is 3.45. The van der Waals surface area contributed by atoms with Crippen LogP contribution in [0.2, 0.25) is 0 Å². The van der Waals surface area contributed by atoms with E-state index in [2.05, 4.69) is 56.3 Å². The highest BCUT2D eigenvalue weighted by Gasteiger charge is 2.31. The highest BCUT2D eigenvalue weighted by Crippen LogP contribution is 2.37. The zero-order chi connectivity index (χ0) is 19.3. The van der Waals surface area contributed by atoms with E-state index in [4.69, 9.17) is 0 Å². The third kappa shape index (κ3) is 2.74.